The van der Waals surface area contributed by atoms with Crippen molar-refractivity contribution in [2.75, 3.05) is 0 Å². The number of hydrogen-bond donors (Lipinski definition) is 2. The van der Waals surface area contributed by atoms with Gasteiger partial charge in [0.1, 0.15) is 0 Å². The zero-order valence-corrected chi connectivity index (χ0v) is 9.54. The summed E-state index contributed by atoms with van der Waals surface area (Å²) in [5.41, 5.74) is 1.54. The lowest BCUT2D eigenvalue weighted by atomic mass is 10.00. The lowest BCUT2D eigenvalue weighted by Crippen LogP contribution is -2.22. The van der Waals surface area contributed by atoms with E-state index in [-0.39, 0.29) is 6.42 Å². The molecule has 0 radical (unpaired) electrons. The highest BCUT2D eigenvalue weighted by Crippen LogP contribution is 2.24. The van der Waals surface area contributed by atoms with Crippen molar-refractivity contribution in [2.45, 2.75) is 12.5 Å². The van der Waals surface area contributed by atoms with Crippen LogP contribution in [0.5, 0.6) is 0 Å². The molecule has 1 aromatic carbocycles. The van der Waals surface area contributed by atoms with Gasteiger partial charge in [0.15, 0.2) is 0 Å². The van der Waals surface area contributed by atoms with Crippen LogP contribution in [0, 0.1) is 0 Å². The summed E-state index contributed by atoms with van der Waals surface area (Å²) in [5, 5.41) is 12.3. The molecule has 0 saturated heterocycles. The molecule has 92 valence electrons. The van der Waals surface area contributed by atoms with Crippen molar-refractivity contribution >= 4 is 23.3 Å². The van der Waals surface area contributed by atoms with Crippen molar-refractivity contribution < 1.29 is 14.7 Å². The van der Waals surface area contributed by atoms with Gasteiger partial charge in [0.2, 0.25) is 6.41 Å². The number of benzene rings is 1. The molecular weight excluding hydrogens is 232 g/mol. The summed E-state index contributed by atoms with van der Waals surface area (Å²) in [6.45, 7) is 0. The van der Waals surface area contributed by atoms with Gasteiger partial charge in [0.05, 0.1) is 18.0 Å². The second kappa shape index (κ2) is 5.27. The van der Waals surface area contributed by atoms with Crippen molar-refractivity contribution in [1.82, 2.24) is 10.3 Å². The SMILES string of the molecule is O=CN[C@H](CC(=O)O)c1ccnc2ccccc12. The van der Waals surface area contributed by atoms with Crippen LogP contribution in [0.1, 0.15) is 18.0 Å². The molecule has 5 nitrogen and oxygen atoms in total. The Balaban J connectivity index is 2.49. The molecule has 0 saturated carbocycles. The number of carbonyl (C=O) groups is 2. The van der Waals surface area contributed by atoms with Crippen LogP contribution in [0.3, 0.4) is 0 Å². The lowest BCUT2D eigenvalue weighted by molar-refractivity contribution is -0.137. The molecule has 0 spiro atoms. The fraction of sp³-hybridized carbons (Fsp3) is 0.154. The molecule has 1 amide bonds. The van der Waals surface area contributed by atoms with Crippen LogP contribution in [0.25, 0.3) is 10.9 Å². The normalized spacial score (nSPS) is 12.0. The summed E-state index contributed by atoms with van der Waals surface area (Å²) in [5.74, 6) is -0.963. The van der Waals surface area contributed by atoms with Gasteiger partial charge in [-0.25, -0.2) is 0 Å². The summed E-state index contributed by atoms with van der Waals surface area (Å²) in [4.78, 5) is 25.6. The number of para-hydroxylation sites is 1. The van der Waals surface area contributed by atoms with Crippen molar-refractivity contribution in [2.24, 2.45) is 0 Å². The van der Waals surface area contributed by atoms with Gasteiger partial charge in [-0.05, 0) is 17.7 Å². The predicted molar refractivity (Wildman–Crippen MR) is 65.9 cm³/mol. The highest BCUT2D eigenvalue weighted by atomic mass is 16.4. The third-order valence-electron chi connectivity index (χ3n) is 2.71. The third-order valence-corrected chi connectivity index (χ3v) is 2.71. The summed E-state index contributed by atoms with van der Waals surface area (Å²) in [6.07, 6.45) is 1.97. The Morgan fingerprint density at radius 1 is 1.39 bits per heavy atom. The van der Waals surface area contributed by atoms with E-state index in [1.165, 1.54) is 0 Å². The zero-order valence-electron chi connectivity index (χ0n) is 9.54. The van der Waals surface area contributed by atoms with E-state index in [9.17, 15) is 9.59 Å². The smallest absolute Gasteiger partial charge is 0.305 e. The summed E-state index contributed by atoms with van der Waals surface area (Å²) >= 11 is 0. The number of pyridine rings is 1. The number of amides is 1. The number of rotatable bonds is 5. The van der Waals surface area contributed by atoms with Gasteiger partial charge in [0.25, 0.3) is 0 Å². The van der Waals surface area contributed by atoms with Crippen molar-refractivity contribution in [3.63, 3.8) is 0 Å². The number of aliphatic carboxylic acids is 1. The van der Waals surface area contributed by atoms with Crippen molar-refractivity contribution in [3.8, 4) is 0 Å². The van der Waals surface area contributed by atoms with Gasteiger partial charge in [-0.1, -0.05) is 18.2 Å². The van der Waals surface area contributed by atoms with Crippen LogP contribution in [-0.4, -0.2) is 22.5 Å². The topological polar surface area (TPSA) is 79.3 Å². The molecule has 0 aliphatic carbocycles. The van der Waals surface area contributed by atoms with E-state index in [1.807, 2.05) is 24.3 Å². The molecule has 0 unspecified atom stereocenters. The monoisotopic (exact) mass is 244 g/mol. The minimum absolute atomic E-state index is 0.160. The van der Waals surface area contributed by atoms with Crippen LogP contribution in [0.4, 0.5) is 0 Å². The Bertz CT molecular complexity index is 578. The number of carboxylic acid groups (broad SMARTS) is 1. The van der Waals surface area contributed by atoms with Gasteiger partial charge in [-0.15, -0.1) is 0 Å². The number of carbonyl (C=O) groups excluding carboxylic acids is 1. The molecule has 0 bridgehead atoms. The van der Waals surface area contributed by atoms with Crippen LogP contribution < -0.4 is 5.32 Å². The molecule has 1 heterocycles. The molecule has 18 heavy (non-hydrogen) atoms. The molecule has 0 aliphatic heterocycles. The quantitative estimate of drug-likeness (QED) is 0.781. The Labute approximate surface area is 103 Å². The van der Waals surface area contributed by atoms with E-state index >= 15 is 0 Å². The maximum absolute atomic E-state index is 10.8. The number of nitrogens with one attached hydrogen (secondary N) is 1. The first-order valence-corrected chi connectivity index (χ1v) is 5.47. The van der Waals surface area contributed by atoms with Gasteiger partial charge in [0, 0.05) is 11.6 Å². The number of hydrogen-bond acceptors (Lipinski definition) is 3. The van der Waals surface area contributed by atoms with Crippen molar-refractivity contribution in [3.05, 3.63) is 42.1 Å². The number of fused-ring (bicyclic) bond motifs is 1. The van der Waals surface area contributed by atoms with Crippen LogP contribution >= 0.6 is 0 Å². The third kappa shape index (κ3) is 2.45. The number of carboxylic acids is 1. The van der Waals surface area contributed by atoms with Gasteiger partial charge >= 0.3 is 5.97 Å². The summed E-state index contributed by atoms with van der Waals surface area (Å²) in [6, 6.07) is 8.60. The summed E-state index contributed by atoms with van der Waals surface area (Å²) < 4.78 is 0. The Morgan fingerprint density at radius 3 is 2.89 bits per heavy atom. The summed E-state index contributed by atoms with van der Waals surface area (Å²) in [7, 11) is 0. The molecule has 2 rings (SSSR count). The van der Waals surface area contributed by atoms with E-state index in [0.29, 0.717) is 6.41 Å². The average Bonchev–Trinajstić information content (AvgIpc) is 2.37. The minimum atomic E-state index is -0.963. The standard InChI is InChI=1S/C13H12N2O3/c16-8-15-12(7-13(17)18)10-5-6-14-11-4-2-1-3-9(10)11/h1-6,8,12H,7H2,(H,15,16)(H,17,18)/t12-/m1/s1. The Morgan fingerprint density at radius 2 is 2.17 bits per heavy atom. The molecule has 2 aromatic rings. The molecule has 2 N–H and O–H groups in total. The Kier molecular flexibility index (Phi) is 3.52. The first-order chi connectivity index (χ1) is 8.72. The molecule has 5 heteroatoms. The van der Waals surface area contributed by atoms with Gasteiger partial charge in [-0.3, -0.25) is 14.6 Å². The van der Waals surface area contributed by atoms with Crippen LogP contribution in [-0.2, 0) is 9.59 Å². The largest absolute Gasteiger partial charge is 0.481 e. The van der Waals surface area contributed by atoms with Gasteiger partial charge < -0.3 is 10.4 Å². The number of aromatic nitrogens is 1. The highest BCUT2D eigenvalue weighted by molar-refractivity contribution is 5.83. The van der Waals surface area contributed by atoms with E-state index < -0.39 is 12.0 Å². The van der Waals surface area contributed by atoms with E-state index in [4.69, 9.17) is 5.11 Å². The van der Waals surface area contributed by atoms with Crippen LogP contribution in [0.15, 0.2) is 36.5 Å². The maximum Gasteiger partial charge on any atom is 0.305 e. The Hall–Kier alpha value is -2.43. The second-order valence-corrected chi connectivity index (χ2v) is 3.85. The fourth-order valence-corrected chi connectivity index (χ4v) is 1.94. The molecular formula is C13H12N2O3. The highest BCUT2D eigenvalue weighted by Gasteiger charge is 2.17. The fourth-order valence-electron chi connectivity index (χ4n) is 1.94. The van der Waals surface area contributed by atoms with Crippen LogP contribution in [0.2, 0.25) is 0 Å². The van der Waals surface area contributed by atoms with Crippen molar-refractivity contribution in [1.29, 1.82) is 0 Å². The van der Waals surface area contributed by atoms with E-state index in [2.05, 4.69) is 10.3 Å². The molecule has 0 aliphatic rings. The zero-order chi connectivity index (χ0) is 13.0. The van der Waals surface area contributed by atoms with E-state index in [1.54, 1.807) is 12.3 Å². The molecule has 0 fully saturated rings. The average molecular weight is 244 g/mol. The second-order valence-electron chi connectivity index (χ2n) is 3.85. The first kappa shape index (κ1) is 12.0. The number of nitrogens with zero attached hydrogens (tertiary/aromatic N) is 1. The molecule has 1 atom stereocenters. The molecule has 1 aromatic heterocycles. The maximum atomic E-state index is 10.8. The lowest BCUT2D eigenvalue weighted by Gasteiger charge is -2.16. The van der Waals surface area contributed by atoms with E-state index in [0.717, 1.165) is 16.5 Å². The van der Waals surface area contributed by atoms with Gasteiger partial charge in [-0.2, -0.15) is 0 Å². The first-order valence-electron chi connectivity index (χ1n) is 5.47. The minimum Gasteiger partial charge on any atom is -0.481 e. The predicted octanol–water partition coefficient (Wildman–Crippen LogP) is 1.50.